The van der Waals surface area contributed by atoms with Crippen LogP contribution in [0, 0.1) is 0 Å². The van der Waals surface area contributed by atoms with Crippen molar-refractivity contribution in [2.24, 2.45) is 0 Å². The van der Waals surface area contributed by atoms with Crippen LogP contribution in [0.4, 0.5) is 0 Å². The molecule has 62 heavy (non-hydrogen) atoms. The van der Waals surface area contributed by atoms with Gasteiger partial charge in [0.05, 0.1) is 16.8 Å². The zero-order chi connectivity index (χ0) is 41.0. The van der Waals surface area contributed by atoms with Gasteiger partial charge in [0.25, 0.3) is 0 Å². The maximum absolute atomic E-state index is 6.78. The third kappa shape index (κ3) is 5.69. The molecule has 1 spiro atoms. The van der Waals surface area contributed by atoms with Crippen molar-refractivity contribution in [2.75, 3.05) is 0 Å². The van der Waals surface area contributed by atoms with Gasteiger partial charge in [0.2, 0.25) is 0 Å². The van der Waals surface area contributed by atoms with Crippen LogP contribution in [0.3, 0.4) is 0 Å². The van der Waals surface area contributed by atoms with E-state index < -0.39 is 5.41 Å². The molecule has 2 aliphatic rings. The minimum atomic E-state index is -0.827. The van der Waals surface area contributed by atoms with E-state index in [9.17, 15) is 0 Å². The molecule has 10 aromatic rings. The van der Waals surface area contributed by atoms with Crippen molar-refractivity contribution in [3.63, 3.8) is 0 Å². The maximum atomic E-state index is 6.78. The lowest BCUT2D eigenvalue weighted by Crippen LogP contribution is -2.32. The molecule has 0 saturated carbocycles. The number of fused-ring (bicyclic) bond motifs is 9. The Balaban J connectivity index is 1.15. The standard InChI is InChI=1S/C56H35N5O/c1-5-18-36(19-6-1)47-35-48(58-52(57-47)37-20-7-2-8-21-37)40-32-33-41-42-26-17-27-43(55-60-53(38-22-9-3-10-23-38)59-54(61-55)39-24-11-4-12-25-39)51(42)56(46(41)34-40)44-28-13-15-30-49(44)62-50-31-16-14-29-45(50)56/h1-35H. The van der Waals surface area contributed by atoms with Gasteiger partial charge in [-0.3, -0.25) is 0 Å². The highest BCUT2D eigenvalue weighted by molar-refractivity contribution is 5.95. The highest BCUT2D eigenvalue weighted by Crippen LogP contribution is 2.64. The van der Waals surface area contributed by atoms with Crippen molar-refractivity contribution in [3.05, 3.63) is 235 Å². The zero-order valence-corrected chi connectivity index (χ0v) is 33.4. The number of rotatable bonds is 6. The van der Waals surface area contributed by atoms with E-state index in [4.69, 9.17) is 29.7 Å². The number of hydrogen-bond acceptors (Lipinski definition) is 6. The summed E-state index contributed by atoms with van der Waals surface area (Å²) in [7, 11) is 0. The third-order valence-electron chi connectivity index (χ3n) is 12.0. The molecule has 6 heteroatoms. The lowest BCUT2D eigenvalue weighted by molar-refractivity contribution is 0.436. The molecule has 0 radical (unpaired) electrons. The van der Waals surface area contributed by atoms with Crippen LogP contribution in [0.1, 0.15) is 22.3 Å². The second-order valence-corrected chi connectivity index (χ2v) is 15.6. The Morgan fingerprint density at radius 2 is 0.742 bits per heavy atom. The molecule has 3 heterocycles. The zero-order valence-electron chi connectivity index (χ0n) is 33.4. The lowest BCUT2D eigenvalue weighted by atomic mass is 9.65. The summed E-state index contributed by atoms with van der Waals surface area (Å²) in [6.45, 7) is 0. The molecule has 0 unspecified atom stereocenters. The first kappa shape index (κ1) is 35.6. The van der Waals surface area contributed by atoms with Crippen LogP contribution in [-0.4, -0.2) is 24.9 Å². The van der Waals surface area contributed by atoms with Gasteiger partial charge in [-0.25, -0.2) is 24.9 Å². The Labute approximate surface area is 359 Å². The Hall–Kier alpha value is -8.35. The Kier molecular flexibility index (Phi) is 8.28. The van der Waals surface area contributed by atoms with Crippen molar-refractivity contribution >= 4 is 0 Å². The molecule has 0 bridgehead atoms. The fourth-order valence-electron chi connectivity index (χ4n) is 9.30. The minimum absolute atomic E-state index is 0.597. The molecular weight excluding hydrogens is 759 g/mol. The molecule has 0 fully saturated rings. The van der Waals surface area contributed by atoms with E-state index in [0.29, 0.717) is 23.3 Å². The van der Waals surface area contributed by atoms with Gasteiger partial charge >= 0.3 is 0 Å². The summed E-state index contributed by atoms with van der Waals surface area (Å²) in [4.78, 5) is 26.0. The molecule has 1 aliphatic carbocycles. The van der Waals surface area contributed by atoms with Crippen molar-refractivity contribution in [3.8, 4) is 90.7 Å². The van der Waals surface area contributed by atoms with Crippen LogP contribution in [0.25, 0.3) is 79.2 Å². The summed E-state index contributed by atoms with van der Waals surface area (Å²) in [6.07, 6.45) is 0. The molecule has 1 aliphatic heterocycles. The van der Waals surface area contributed by atoms with E-state index >= 15 is 0 Å². The van der Waals surface area contributed by atoms with Gasteiger partial charge in [0.1, 0.15) is 11.5 Å². The summed E-state index contributed by atoms with van der Waals surface area (Å²) < 4.78 is 6.78. The van der Waals surface area contributed by atoms with Crippen LogP contribution in [-0.2, 0) is 5.41 Å². The van der Waals surface area contributed by atoms with E-state index in [1.165, 1.54) is 0 Å². The molecule has 0 N–H and O–H groups in total. The van der Waals surface area contributed by atoms with E-state index in [0.717, 1.165) is 89.6 Å². The maximum Gasteiger partial charge on any atom is 0.164 e. The van der Waals surface area contributed by atoms with Crippen LogP contribution < -0.4 is 4.74 Å². The lowest BCUT2D eigenvalue weighted by Gasteiger charge is -2.40. The van der Waals surface area contributed by atoms with Crippen molar-refractivity contribution < 1.29 is 4.74 Å². The van der Waals surface area contributed by atoms with Gasteiger partial charge in [-0.15, -0.1) is 0 Å². The summed E-state index contributed by atoms with van der Waals surface area (Å²) in [5.41, 5.74) is 13.1. The first-order valence-corrected chi connectivity index (χ1v) is 20.8. The van der Waals surface area contributed by atoms with Gasteiger partial charge in [-0.05, 0) is 46.5 Å². The van der Waals surface area contributed by atoms with E-state index in [1.54, 1.807) is 0 Å². The second-order valence-electron chi connectivity index (χ2n) is 15.6. The first-order chi connectivity index (χ1) is 30.7. The molecule has 6 nitrogen and oxygen atoms in total. The van der Waals surface area contributed by atoms with Crippen LogP contribution >= 0.6 is 0 Å². The van der Waals surface area contributed by atoms with Gasteiger partial charge in [0, 0.05) is 44.5 Å². The first-order valence-electron chi connectivity index (χ1n) is 20.8. The quantitative estimate of drug-likeness (QED) is 0.167. The fraction of sp³-hybridized carbons (Fsp3) is 0.0179. The second kappa shape index (κ2) is 14.4. The summed E-state index contributed by atoms with van der Waals surface area (Å²) in [6, 6.07) is 73.1. The summed E-state index contributed by atoms with van der Waals surface area (Å²) >= 11 is 0. The van der Waals surface area contributed by atoms with Crippen molar-refractivity contribution in [2.45, 2.75) is 5.41 Å². The Bertz CT molecular complexity index is 3160. The molecule has 0 amide bonds. The molecule has 290 valence electrons. The monoisotopic (exact) mass is 793 g/mol. The molecule has 0 atom stereocenters. The van der Waals surface area contributed by atoms with Crippen LogP contribution in [0.2, 0.25) is 0 Å². The number of hydrogen-bond donors (Lipinski definition) is 0. The molecule has 12 rings (SSSR count). The summed E-state index contributed by atoms with van der Waals surface area (Å²) in [5, 5.41) is 0. The SMILES string of the molecule is c1ccc(-c2cc(-c3ccc4c(c3)C3(c5ccccc5Oc5ccccc53)c3c(-c5nc(-c6ccccc6)nc(-c6ccccc6)n5)cccc3-4)nc(-c3ccccc3)n2)cc1. The average Bonchev–Trinajstić information content (AvgIpc) is 3.65. The van der Waals surface area contributed by atoms with Crippen molar-refractivity contribution in [1.29, 1.82) is 0 Å². The molecule has 2 aromatic heterocycles. The van der Waals surface area contributed by atoms with E-state index in [-0.39, 0.29) is 0 Å². The molecular formula is C56H35N5O. The fourth-order valence-corrected chi connectivity index (χ4v) is 9.30. The highest BCUT2D eigenvalue weighted by atomic mass is 16.5. The van der Waals surface area contributed by atoms with Crippen LogP contribution in [0.5, 0.6) is 11.5 Å². The van der Waals surface area contributed by atoms with Gasteiger partial charge in [-0.2, -0.15) is 0 Å². The smallest absolute Gasteiger partial charge is 0.164 e. The Morgan fingerprint density at radius 3 is 1.31 bits per heavy atom. The average molecular weight is 794 g/mol. The number of aromatic nitrogens is 5. The van der Waals surface area contributed by atoms with E-state index in [2.05, 4.69) is 103 Å². The Morgan fingerprint density at radius 1 is 0.290 bits per heavy atom. The van der Waals surface area contributed by atoms with Crippen LogP contribution in [0.15, 0.2) is 212 Å². The third-order valence-corrected chi connectivity index (χ3v) is 12.0. The van der Waals surface area contributed by atoms with Crippen molar-refractivity contribution in [1.82, 2.24) is 24.9 Å². The number of ether oxygens (including phenoxy) is 1. The topological polar surface area (TPSA) is 73.7 Å². The molecule has 8 aromatic carbocycles. The highest BCUT2D eigenvalue weighted by Gasteiger charge is 2.52. The number of nitrogens with zero attached hydrogens (tertiary/aromatic N) is 5. The number of para-hydroxylation sites is 2. The number of benzene rings is 8. The van der Waals surface area contributed by atoms with Gasteiger partial charge in [-0.1, -0.05) is 188 Å². The minimum Gasteiger partial charge on any atom is -0.457 e. The predicted octanol–water partition coefficient (Wildman–Crippen LogP) is 13.1. The summed E-state index contributed by atoms with van der Waals surface area (Å²) in [5.74, 6) is 4.09. The normalized spacial score (nSPS) is 12.8. The predicted molar refractivity (Wildman–Crippen MR) is 245 cm³/mol. The van der Waals surface area contributed by atoms with Gasteiger partial charge < -0.3 is 4.74 Å². The largest absolute Gasteiger partial charge is 0.457 e. The van der Waals surface area contributed by atoms with E-state index in [1.807, 2.05) is 109 Å². The van der Waals surface area contributed by atoms with Gasteiger partial charge in [0.15, 0.2) is 23.3 Å². The molecule has 0 saturated heterocycles.